The minimum atomic E-state index is -4.19. The van der Waals surface area contributed by atoms with Crippen molar-refractivity contribution in [2.45, 2.75) is 37.1 Å². The molecule has 6 nitrogen and oxygen atoms in total. The van der Waals surface area contributed by atoms with Gasteiger partial charge >= 0.3 is 0 Å². The van der Waals surface area contributed by atoms with Crippen LogP contribution in [0.5, 0.6) is 0 Å². The Labute approximate surface area is 161 Å². The zero-order valence-electron chi connectivity index (χ0n) is 14.9. The predicted octanol–water partition coefficient (Wildman–Crippen LogP) is 3.75. The molecule has 9 heteroatoms. The first kappa shape index (κ1) is 18.5. The highest BCUT2D eigenvalue weighted by Gasteiger charge is 2.22. The number of nitrogens with one attached hydrogen (secondary N) is 1. The molecule has 1 aliphatic heterocycles. The molecule has 0 saturated heterocycles. The Balaban J connectivity index is 1.74. The molecule has 1 aliphatic rings. The third-order valence-corrected chi connectivity index (χ3v) is 6.01. The van der Waals surface area contributed by atoms with E-state index in [1.165, 1.54) is 0 Å². The van der Waals surface area contributed by atoms with Crippen LogP contribution in [0.15, 0.2) is 47.4 Å². The third-order valence-electron chi connectivity index (χ3n) is 4.67. The molecular weight excluding hydrogens is 386 g/mol. The lowest BCUT2D eigenvalue weighted by Crippen LogP contribution is -2.15. The first-order valence-corrected chi connectivity index (χ1v) is 10.4. The van der Waals surface area contributed by atoms with Gasteiger partial charge in [0.25, 0.3) is 10.0 Å². The van der Waals surface area contributed by atoms with Gasteiger partial charge < -0.3 is 4.57 Å². The number of benzene rings is 2. The summed E-state index contributed by atoms with van der Waals surface area (Å²) in [5, 5.41) is 8.51. The van der Waals surface area contributed by atoms with Crippen molar-refractivity contribution in [2.75, 3.05) is 4.72 Å². The maximum absolute atomic E-state index is 13.5. The lowest BCUT2D eigenvalue weighted by atomic mass is 10.1. The normalized spacial score (nSPS) is 14.4. The fraction of sp³-hybridized carbons (Fsp3) is 0.263. The van der Waals surface area contributed by atoms with Gasteiger partial charge in [0.2, 0.25) is 0 Å². The fourth-order valence-corrected chi connectivity index (χ4v) is 4.46. The van der Waals surface area contributed by atoms with Gasteiger partial charge in [-0.25, -0.2) is 17.2 Å². The lowest BCUT2D eigenvalue weighted by molar-refractivity contribution is 0.568. The number of aromatic nitrogens is 3. The van der Waals surface area contributed by atoms with Crippen LogP contribution in [0.4, 0.5) is 14.5 Å². The summed E-state index contributed by atoms with van der Waals surface area (Å²) in [5.41, 5.74) is 0.829. The number of hydrogen-bond donors (Lipinski definition) is 1. The fourth-order valence-electron chi connectivity index (χ4n) is 3.34. The molecule has 0 fully saturated rings. The summed E-state index contributed by atoms with van der Waals surface area (Å²) in [6.07, 6.45) is 3.96. The Hall–Kier alpha value is -2.81. The molecule has 3 aromatic rings. The van der Waals surface area contributed by atoms with Gasteiger partial charge in [-0.05, 0) is 37.1 Å². The van der Waals surface area contributed by atoms with E-state index in [-0.39, 0.29) is 5.69 Å². The number of aryl methyl sites for hydroxylation is 1. The number of para-hydroxylation sites is 1. The molecule has 0 radical (unpaired) electrons. The van der Waals surface area contributed by atoms with Crippen molar-refractivity contribution in [3.63, 3.8) is 0 Å². The molecule has 2 heterocycles. The molecule has 0 unspecified atom stereocenters. The van der Waals surface area contributed by atoms with Crippen LogP contribution in [0.25, 0.3) is 11.4 Å². The lowest BCUT2D eigenvalue weighted by Gasteiger charge is -2.14. The van der Waals surface area contributed by atoms with Crippen molar-refractivity contribution in [2.24, 2.45) is 0 Å². The van der Waals surface area contributed by atoms with E-state index in [0.29, 0.717) is 17.5 Å². The summed E-state index contributed by atoms with van der Waals surface area (Å²) in [5.74, 6) is -0.481. The second-order valence-electron chi connectivity index (χ2n) is 6.66. The monoisotopic (exact) mass is 404 g/mol. The van der Waals surface area contributed by atoms with Crippen LogP contribution >= 0.6 is 0 Å². The van der Waals surface area contributed by atoms with Crippen molar-refractivity contribution in [3.05, 3.63) is 59.9 Å². The summed E-state index contributed by atoms with van der Waals surface area (Å²) in [7, 11) is -4.19. The van der Waals surface area contributed by atoms with Crippen LogP contribution in [0.2, 0.25) is 0 Å². The molecule has 146 valence electrons. The van der Waals surface area contributed by atoms with E-state index in [9.17, 15) is 17.2 Å². The predicted molar refractivity (Wildman–Crippen MR) is 100 cm³/mol. The van der Waals surface area contributed by atoms with Crippen LogP contribution in [-0.4, -0.2) is 23.2 Å². The SMILES string of the molecule is O=S(=O)(Nc1ccccc1-c1nnc2n1CCCCC2)c1cc(F)cc(F)c1. The highest BCUT2D eigenvalue weighted by atomic mass is 32.2. The summed E-state index contributed by atoms with van der Waals surface area (Å²) < 4.78 is 56.7. The smallest absolute Gasteiger partial charge is 0.262 e. The Bertz CT molecular complexity index is 1110. The van der Waals surface area contributed by atoms with Crippen molar-refractivity contribution in [3.8, 4) is 11.4 Å². The van der Waals surface area contributed by atoms with Crippen LogP contribution in [0.1, 0.15) is 25.1 Å². The number of halogens is 2. The van der Waals surface area contributed by atoms with Gasteiger partial charge in [-0.15, -0.1) is 10.2 Å². The van der Waals surface area contributed by atoms with Crippen molar-refractivity contribution < 1.29 is 17.2 Å². The molecule has 0 atom stereocenters. The Morgan fingerprint density at radius 3 is 2.50 bits per heavy atom. The molecular formula is C19H18F2N4O2S. The quantitative estimate of drug-likeness (QED) is 0.719. The van der Waals surface area contributed by atoms with Gasteiger partial charge in [-0.1, -0.05) is 18.6 Å². The molecule has 1 aromatic heterocycles. The number of rotatable bonds is 4. The van der Waals surface area contributed by atoms with Gasteiger partial charge in [0.15, 0.2) is 5.82 Å². The number of hydrogen-bond acceptors (Lipinski definition) is 4. The second kappa shape index (κ2) is 7.31. The van der Waals surface area contributed by atoms with Crippen molar-refractivity contribution >= 4 is 15.7 Å². The maximum Gasteiger partial charge on any atom is 0.262 e. The largest absolute Gasteiger partial charge is 0.311 e. The van der Waals surface area contributed by atoms with Gasteiger partial charge in [0, 0.05) is 24.6 Å². The summed E-state index contributed by atoms with van der Waals surface area (Å²) in [4.78, 5) is -0.486. The standard InChI is InChI=1S/C19H18F2N4O2S/c20-13-10-14(21)12-15(11-13)28(26,27)24-17-7-4-3-6-16(17)19-23-22-18-8-2-1-5-9-25(18)19/h3-4,6-7,10-12,24H,1-2,5,8-9H2. The van der Waals surface area contributed by atoms with E-state index in [1.54, 1.807) is 24.3 Å². The average Bonchev–Trinajstić information content (AvgIpc) is 2.89. The number of nitrogens with zero attached hydrogens (tertiary/aromatic N) is 3. The highest BCUT2D eigenvalue weighted by Crippen LogP contribution is 2.30. The Morgan fingerprint density at radius 1 is 0.964 bits per heavy atom. The van der Waals surface area contributed by atoms with Crippen LogP contribution in [0, 0.1) is 11.6 Å². The van der Waals surface area contributed by atoms with Gasteiger partial charge in [0.05, 0.1) is 10.6 Å². The minimum absolute atomic E-state index is 0.270. The molecule has 4 rings (SSSR count). The third kappa shape index (κ3) is 3.62. The molecule has 28 heavy (non-hydrogen) atoms. The van der Waals surface area contributed by atoms with Gasteiger partial charge in [-0.3, -0.25) is 4.72 Å². The second-order valence-corrected chi connectivity index (χ2v) is 8.34. The van der Waals surface area contributed by atoms with Crippen molar-refractivity contribution in [1.82, 2.24) is 14.8 Å². The molecule has 0 bridgehead atoms. The van der Waals surface area contributed by atoms with Crippen molar-refractivity contribution in [1.29, 1.82) is 0 Å². The molecule has 0 aliphatic carbocycles. The summed E-state index contributed by atoms with van der Waals surface area (Å²) in [6, 6.07) is 8.94. The molecule has 2 aromatic carbocycles. The molecule has 0 saturated carbocycles. The van der Waals surface area contributed by atoms with E-state index in [1.807, 2.05) is 4.57 Å². The van der Waals surface area contributed by atoms with E-state index >= 15 is 0 Å². The zero-order valence-corrected chi connectivity index (χ0v) is 15.7. The molecule has 0 amide bonds. The number of fused-ring (bicyclic) bond motifs is 1. The van der Waals surface area contributed by atoms with Crippen LogP contribution < -0.4 is 4.72 Å². The zero-order chi connectivity index (χ0) is 19.7. The van der Waals surface area contributed by atoms with E-state index in [2.05, 4.69) is 14.9 Å². The molecule has 1 N–H and O–H groups in total. The number of anilines is 1. The van der Waals surface area contributed by atoms with E-state index in [4.69, 9.17) is 0 Å². The van der Waals surface area contributed by atoms with Gasteiger partial charge in [0.1, 0.15) is 17.5 Å². The minimum Gasteiger partial charge on any atom is -0.311 e. The highest BCUT2D eigenvalue weighted by molar-refractivity contribution is 7.92. The van der Waals surface area contributed by atoms with Gasteiger partial charge in [-0.2, -0.15) is 0 Å². The number of sulfonamides is 1. The van der Waals surface area contributed by atoms with E-state index in [0.717, 1.165) is 50.2 Å². The summed E-state index contributed by atoms with van der Waals surface area (Å²) >= 11 is 0. The first-order chi connectivity index (χ1) is 13.4. The maximum atomic E-state index is 13.5. The Kier molecular flexibility index (Phi) is 4.84. The average molecular weight is 404 g/mol. The topological polar surface area (TPSA) is 76.9 Å². The van der Waals surface area contributed by atoms with Crippen LogP contribution in [-0.2, 0) is 23.0 Å². The Morgan fingerprint density at radius 2 is 1.71 bits per heavy atom. The molecule has 0 spiro atoms. The van der Waals surface area contributed by atoms with E-state index < -0.39 is 26.6 Å². The first-order valence-electron chi connectivity index (χ1n) is 8.94. The summed E-state index contributed by atoms with van der Waals surface area (Å²) in [6.45, 7) is 0.758. The van der Waals surface area contributed by atoms with Crippen LogP contribution in [0.3, 0.4) is 0 Å².